The molecular weight excluding hydrogens is 328 g/mol. The fourth-order valence-electron chi connectivity index (χ4n) is 1.19. The number of carboxylic acid groups (broad SMARTS) is 1. The van der Waals surface area contributed by atoms with E-state index in [9.17, 15) is 9.18 Å². The summed E-state index contributed by atoms with van der Waals surface area (Å²) >= 11 is 2.03. The molecule has 2 aromatic heterocycles. The Balaban J connectivity index is 2.60. The summed E-state index contributed by atoms with van der Waals surface area (Å²) in [6.45, 7) is 0. The first-order valence-corrected chi connectivity index (χ1v) is 5.25. The number of nitrogens with zero attached hydrogens (tertiary/aromatic N) is 3. The van der Waals surface area contributed by atoms with Crippen molar-refractivity contribution in [1.29, 1.82) is 0 Å². The van der Waals surface area contributed by atoms with E-state index in [1.165, 1.54) is 4.68 Å². The molecular formula is C9H5FIN3O2. The van der Waals surface area contributed by atoms with Crippen LogP contribution in [0.2, 0.25) is 0 Å². The lowest BCUT2D eigenvalue weighted by molar-refractivity contribution is 0.0695. The molecule has 0 radical (unpaired) electrons. The maximum absolute atomic E-state index is 12.9. The molecule has 0 amide bonds. The summed E-state index contributed by atoms with van der Waals surface area (Å²) in [5, 5.41) is 12.8. The van der Waals surface area contributed by atoms with Crippen LogP contribution in [0.1, 0.15) is 10.4 Å². The minimum absolute atomic E-state index is 0.0943. The Kier molecular flexibility index (Phi) is 2.86. The molecule has 0 spiro atoms. The van der Waals surface area contributed by atoms with Gasteiger partial charge in [-0.25, -0.2) is 18.9 Å². The van der Waals surface area contributed by atoms with Crippen LogP contribution in [-0.2, 0) is 0 Å². The van der Waals surface area contributed by atoms with E-state index >= 15 is 0 Å². The van der Waals surface area contributed by atoms with Gasteiger partial charge in [0.2, 0.25) is 0 Å². The van der Waals surface area contributed by atoms with Gasteiger partial charge in [-0.15, -0.1) is 0 Å². The topological polar surface area (TPSA) is 68.0 Å². The van der Waals surface area contributed by atoms with Crippen molar-refractivity contribution < 1.29 is 14.3 Å². The summed E-state index contributed by atoms with van der Waals surface area (Å²) in [7, 11) is 0. The average Bonchev–Trinajstić information content (AvgIpc) is 2.64. The van der Waals surface area contributed by atoms with Crippen molar-refractivity contribution in [3.8, 4) is 5.82 Å². The highest BCUT2D eigenvalue weighted by Crippen LogP contribution is 2.14. The molecule has 2 aromatic rings. The molecule has 0 aromatic carbocycles. The van der Waals surface area contributed by atoms with Gasteiger partial charge in [0.05, 0.1) is 16.0 Å². The molecule has 0 atom stereocenters. The number of pyridine rings is 1. The SMILES string of the molecule is O=C(O)c1cc(F)cnc1-n1cc(I)cn1. The highest BCUT2D eigenvalue weighted by atomic mass is 127. The van der Waals surface area contributed by atoms with Gasteiger partial charge in [-0.2, -0.15) is 5.10 Å². The van der Waals surface area contributed by atoms with Crippen LogP contribution in [0.5, 0.6) is 0 Å². The Morgan fingerprint density at radius 1 is 1.50 bits per heavy atom. The summed E-state index contributed by atoms with van der Waals surface area (Å²) in [5.41, 5.74) is -0.223. The summed E-state index contributed by atoms with van der Waals surface area (Å²) in [5.74, 6) is -1.84. The highest BCUT2D eigenvalue weighted by Gasteiger charge is 2.15. The standard InChI is InChI=1S/C9H5FIN3O2/c10-5-1-7(9(15)16)8(12-2-5)14-4-6(11)3-13-14/h1-4H,(H,15,16). The monoisotopic (exact) mass is 333 g/mol. The first-order chi connectivity index (χ1) is 7.58. The van der Waals surface area contributed by atoms with Crippen molar-refractivity contribution in [3.05, 3.63) is 39.6 Å². The minimum atomic E-state index is -1.24. The number of aromatic carboxylic acids is 1. The molecule has 2 rings (SSSR count). The van der Waals surface area contributed by atoms with Gasteiger partial charge in [0, 0.05) is 6.20 Å². The van der Waals surface area contributed by atoms with Gasteiger partial charge < -0.3 is 5.11 Å². The predicted octanol–water partition coefficient (Wildman–Crippen LogP) is 1.71. The van der Waals surface area contributed by atoms with Crippen LogP contribution in [0.4, 0.5) is 4.39 Å². The van der Waals surface area contributed by atoms with E-state index in [0.29, 0.717) is 0 Å². The van der Waals surface area contributed by atoms with Crippen LogP contribution in [-0.4, -0.2) is 25.8 Å². The molecule has 16 heavy (non-hydrogen) atoms. The maximum atomic E-state index is 12.9. The number of hydrogen-bond acceptors (Lipinski definition) is 3. The third-order valence-electron chi connectivity index (χ3n) is 1.83. The number of halogens is 2. The Morgan fingerprint density at radius 3 is 2.81 bits per heavy atom. The largest absolute Gasteiger partial charge is 0.478 e. The van der Waals surface area contributed by atoms with Gasteiger partial charge in [-0.3, -0.25) is 0 Å². The number of rotatable bonds is 2. The summed E-state index contributed by atoms with van der Waals surface area (Å²) in [6.07, 6.45) is 4.11. The van der Waals surface area contributed by atoms with E-state index in [1.807, 2.05) is 22.6 Å². The Hall–Kier alpha value is -1.51. The third-order valence-corrected chi connectivity index (χ3v) is 2.39. The fourth-order valence-corrected chi connectivity index (χ4v) is 1.58. The van der Waals surface area contributed by atoms with Gasteiger partial charge in [0.15, 0.2) is 5.82 Å². The van der Waals surface area contributed by atoms with E-state index in [1.54, 1.807) is 12.4 Å². The molecule has 0 saturated carbocycles. The van der Waals surface area contributed by atoms with E-state index in [2.05, 4.69) is 10.1 Å². The molecule has 0 aliphatic heterocycles. The maximum Gasteiger partial charge on any atom is 0.339 e. The quantitative estimate of drug-likeness (QED) is 0.850. The molecule has 7 heteroatoms. The van der Waals surface area contributed by atoms with Crippen LogP contribution in [0.3, 0.4) is 0 Å². The van der Waals surface area contributed by atoms with Crippen molar-refractivity contribution in [2.24, 2.45) is 0 Å². The number of hydrogen-bond donors (Lipinski definition) is 1. The summed E-state index contributed by atoms with van der Waals surface area (Å²) in [6, 6.07) is 0.916. The lowest BCUT2D eigenvalue weighted by Gasteiger charge is -2.04. The fraction of sp³-hybridized carbons (Fsp3) is 0. The van der Waals surface area contributed by atoms with Gasteiger partial charge >= 0.3 is 5.97 Å². The molecule has 5 nitrogen and oxygen atoms in total. The molecule has 2 heterocycles. The first kappa shape index (κ1) is 11.0. The van der Waals surface area contributed by atoms with Crippen LogP contribution in [0, 0.1) is 9.39 Å². The number of carbonyl (C=O) groups is 1. The Labute approximate surface area is 103 Å². The van der Waals surface area contributed by atoms with Gasteiger partial charge in [0.25, 0.3) is 0 Å². The first-order valence-electron chi connectivity index (χ1n) is 4.17. The normalized spacial score (nSPS) is 10.4. The van der Waals surface area contributed by atoms with Crippen molar-refractivity contribution in [1.82, 2.24) is 14.8 Å². The number of carboxylic acids is 1. The van der Waals surface area contributed by atoms with E-state index in [0.717, 1.165) is 15.8 Å². The van der Waals surface area contributed by atoms with Crippen molar-refractivity contribution in [2.75, 3.05) is 0 Å². The minimum Gasteiger partial charge on any atom is -0.478 e. The Morgan fingerprint density at radius 2 is 2.25 bits per heavy atom. The van der Waals surface area contributed by atoms with Crippen LogP contribution < -0.4 is 0 Å². The van der Waals surface area contributed by atoms with Crippen molar-refractivity contribution in [2.45, 2.75) is 0 Å². The molecule has 0 fully saturated rings. The molecule has 0 aliphatic carbocycles. The summed E-state index contributed by atoms with van der Waals surface area (Å²) in [4.78, 5) is 14.6. The molecule has 0 aliphatic rings. The Bertz CT molecular complexity index is 555. The second-order valence-corrected chi connectivity index (χ2v) is 4.18. The van der Waals surface area contributed by atoms with Crippen LogP contribution >= 0.6 is 22.6 Å². The lowest BCUT2D eigenvalue weighted by atomic mass is 10.2. The summed E-state index contributed by atoms with van der Waals surface area (Å²) < 4.78 is 15.0. The van der Waals surface area contributed by atoms with E-state index in [4.69, 9.17) is 5.11 Å². The second-order valence-electron chi connectivity index (χ2n) is 2.93. The van der Waals surface area contributed by atoms with Crippen molar-refractivity contribution >= 4 is 28.6 Å². The predicted molar refractivity (Wildman–Crippen MR) is 61.0 cm³/mol. The zero-order chi connectivity index (χ0) is 11.7. The van der Waals surface area contributed by atoms with E-state index < -0.39 is 11.8 Å². The lowest BCUT2D eigenvalue weighted by Crippen LogP contribution is -2.08. The van der Waals surface area contributed by atoms with Crippen LogP contribution in [0.25, 0.3) is 5.82 Å². The molecule has 0 bridgehead atoms. The third kappa shape index (κ3) is 2.03. The smallest absolute Gasteiger partial charge is 0.339 e. The average molecular weight is 333 g/mol. The highest BCUT2D eigenvalue weighted by molar-refractivity contribution is 14.1. The molecule has 82 valence electrons. The zero-order valence-corrected chi connectivity index (χ0v) is 9.92. The molecule has 0 unspecified atom stereocenters. The molecule has 1 N–H and O–H groups in total. The van der Waals surface area contributed by atoms with E-state index in [-0.39, 0.29) is 11.4 Å². The van der Waals surface area contributed by atoms with Crippen LogP contribution in [0.15, 0.2) is 24.7 Å². The second kappa shape index (κ2) is 4.16. The zero-order valence-electron chi connectivity index (χ0n) is 7.76. The van der Waals surface area contributed by atoms with Gasteiger partial charge in [0.1, 0.15) is 11.4 Å². The van der Waals surface area contributed by atoms with Gasteiger partial charge in [-0.1, -0.05) is 0 Å². The van der Waals surface area contributed by atoms with Gasteiger partial charge in [-0.05, 0) is 28.7 Å². The van der Waals surface area contributed by atoms with Crippen molar-refractivity contribution in [3.63, 3.8) is 0 Å². The number of aromatic nitrogens is 3. The molecule has 0 saturated heterocycles.